The predicted octanol–water partition coefficient (Wildman–Crippen LogP) is 1.75. The quantitative estimate of drug-likeness (QED) is 0.470. The third-order valence-corrected chi connectivity index (χ3v) is 2.33. The van der Waals surface area contributed by atoms with Gasteiger partial charge in [0, 0.05) is 6.66 Å². The minimum atomic E-state index is -0.531. The Morgan fingerprint density at radius 3 is 2.75 bits per heavy atom. The molecule has 48 valence electrons. The summed E-state index contributed by atoms with van der Waals surface area (Å²) in [6.45, 7) is 4.95. The number of hydrogen-bond donors (Lipinski definition) is 0. The minimum Gasteiger partial charge on any atom is -0.334 e. The highest BCUT2D eigenvalue weighted by molar-refractivity contribution is 7.46. The van der Waals surface area contributed by atoms with Crippen LogP contribution in [-0.4, -0.2) is 19.4 Å². The number of hydrogen-bond acceptors (Lipinski definition) is 2. The molecule has 0 bridgehead atoms. The first-order valence-corrected chi connectivity index (χ1v) is 4.45. The van der Waals surface area contributed by atoms with E-state index in [-0.39, 0.29) is 0 Å². The fraction of sp³-hybridized carbons (Fsp3) is 1.00. The first-order valence-electron chi connectivity index (χ1n) is 2.82. The lowest BCUT2D eigenvalue weighted by atomic mass is 10.3. The molecule has 1 aliphatic rings. The SMILES string of the molecule is CC1CCOP(C)O1. The van der Waals surface area contributed by atoms with Crippen molar-refractivity contribution in [1.82, 2.24) is 0 Å². The molecule has 0 spiro atoms. The Kier molecular flexibility index (Phi) is 2.24. The van der Waals surface area contributed by atoms with Gasteiger partial charge in [0.25, 0.3) is 0 Å². The van der Waals surface area contributed by atoms with Gasteiger partial charge in [-0.3, -0.25) is 0 Å². The van der Waals surface area contributed by atoms with Crippen molar-refractivity contribution in [2.45, 2.75) is 19.4 Å². The van der Waals surface area contributed by atoms with Crippen LogP contribution >= 0.6 is 8.38 Å². The summed E-state index contributed by atoms with van der Waals surface area (Å²) >= 11 is 0. The molecular formula is C5H11O2P. The zero-order valence-electron chi connectivity index (χ0n) is 5.26. The highest BCUT2D eigenvalue weighted by Crippen LogP contribution is 2.39. The summed E-state index contributed by atoms with van der Waals surface area (Å²) in [6.07, 6.45) is 1.46. The minimum absolute atomic E-state index is 0.417. The summed E-state index contributed by atoms with van der Waals surface area (Å²) in [4.78, 5) is 0. The Labute approximate surface area is 51.1 Å². The van der Waals surface area contributed by atoms with Gasteiger partial charge < -0.3 is 9.05 Å². The maximum absolute atomic E-state index is 5.33. The van der Waals surface area contributed by atoms with E-state index in [9.17, 15) is 0 Å². The molecule has 1 saturated heterocycles. The highest BCUT2D eigenvalue weighted by atomic mass is 31.2. The van der Waals surface area contributed by atoms with Crippen LogP contribution < -0.4 is 0 Å². The second-order valence-electron chi connectivity index (χ2n) is 1.98. The number of rotatable bonds is 0. The van der Waals surface area contributed by atoms with Crippen LogP contribution in [0.5, 0.6) is 0 Å². The molecule has 0 aromatic rings. The van der Waals surface area contributed by atoms with E-state index in [2.05, 4.69) is 6.92 Å². The smallest absolute Gasteiger partial charge is 0.167 e. The molecule has 2 nitrogen and oxygen atoms in total. The summed E-state index contributed by atoms with van der Waals surface area (Å²) in [7, 11) is -0.531. The van der Waals surface area contributed by atoms with Crippen LogP contribution in [0.1, 0.15) is 13.3 Å². The van der Waals surface area contributed by atoms with E-state index < -0.39 is 8.38 Å². The van der Waals surface area contributed by atoms with Crippen molar-refractivity contribution in [3.8, 4) is 0 Å². The van der Waals surface area contributed by atoms with Gasteiger partial charge in [-0.2, -0.15) is 0 Å². The van der Waals surface area contributed by atoms with Gasteiger partial charge in [-0.05, 0) is 13.3 Å². The maximum Gasteiger partial charge on any atom is 0.167 e. The third kappa shape index (κ3) is 1.70. The fourth-order valence-corrected chi connectivity index (χ4v) is 1.72. The summed E-state index contributed by atoms with van der Waals surface area (Å²) in [5.74, 6) is 0. The lowest BCUT2D eigenvalue weighted by Crippen LogP contribution is -2.13. The van der Waals surface area contributed by atoms with Gasteiger partial charge in [0.15, 0.2) is 8.38 Å². The van der Waals surface area contributed by atoms with Crippen molar-refractivity contribution in [2.24, 2.45) is 0 Å². The Morgan fingerprint density at radius 1 is 1.62 bits per heavy atom. The molecule has 1 aliphatic heterocycles. The summed E-state index contributed by atoms with van der Waals surface area (Å²) in [5.41, 5.74) is 0. The molecule has 1 heterocycles. The molecular weight excluding hydrogens is 123 g/mol. The second kappa shape index (κ2) is 2.77. The molecule has 1 rings (SSSR count). The van der Waals surface area contributed by atoms with E-state index >= 15 is 0 Å². The van der Waals surface area contributed by atoms with Gasteiger partial charge in [0.2, 0.25) is 0 Å². The van der Waals surface area contributed by atoms with E-state index in [4.69, 9.17) is 9.05 Å². The first kappa shape index (κ1) is 6.47. The van der Waals surface area contributed by atoms with Gasteiger partial charge in [-0.15, -0.1) is 0 Å². The Balaban J connectivity index is 2.23. The zero-order chi connectivity index (χ0) is 5.98. The molecule has 0 amide bonds. The fourth-order valence-electron chi connectivity index (χ4n) is 0.684. The average Bonchev–Trinajstić information content (AvgIpc) is 1.64. The molecule has 0 radical (unpaired) electrons. The van der Waals surface area contributed by atoms with Crippen LogP contribution in [0, 0.1) is 0 Å². The van der Waals surface area contributed by atoms with Gasteiger partial charge in [-0.25, -0.2) is 0 Å². The standard InChI is InChI=1S/C5H11O2P/c1-5-3-4-6-8(2)7-5/h5H,3-4H2,1-2H3. The van der Waals surface area contributed by atoms with E-state index in [0.29, 0.717) is 6.10 Å². The van der Waals surface area contributed by atoms with E-state index in [1.807, 2.05) is 6.66 Å². The average molecular weight is 134 g/mol. The topological polar surface area (TPSA) is 18.5 Å². The van der Waals surface area contributed by atoms with Crippen molar-refractivity contribution in [3.05, 3.63) is 0 Å². The van der Waals surface area contributed by atoms with Crippen LogP contribution in [-0.2, 0) is 9.05 Å². The van der Waals surface area contributed by atoms with Crippen LogP contribution in [0.3, 0.4) is 0 Å². The van der Waals surface area contributed by atoms with Gasteiger partial charge in [0.05, 0.1) is 12.7 Å². The lowest BCUT2D eigenvalue weighted by Gasteiger charge is -2.23. The predicted molar refractivity (Wildman–Crippen MR) is 34.0 cm³/mol. The van der Waals surface area contributed by atoms with E-state index in [0.717, 1.165) is 13.0 Å². The van der Waals surface area contributed by atoms with Crippen LogP contribution in [0.2, 0.25) is 0 Å². The summed E-state index contributed by atoms with van der Waals surface area (Å²) in [6, 6.07) is 0. The van der Waals surface area contributed by atoms with Crippen LogP contribution in [0.25, 0.3) is 0 Å². The largest absolute Gasteiger partial charge is 0.334 e. The highest BCUT2D eigenvalue weighted by Gasteiger charge is 2.14. The second-order valence-corrected chi connectivity index (χ2v) is 3.33. The molecule has 3 heteroatoms. The van der Waals surface area contributed by atoms with Crippen molar-refractivity contribution >= 4 is 8.38 Å². The lowest BCUT2D eigenvalue weighted by molar-refractivity contribution is 0.123. The van der Waals surface area contributed by atoms with Gasteiger partial charge >= 0.3 is 0 Å². The normalized spacial score (nSPS) is 39.8. The van der Waals surface area contributed by atoms with Crippen molar-refractivity contribution in [1.29, 1.82) is 0 Å². The first-order chi connectivity index (χ1) is 3.79. The molecule has 1 fully saturated rings. The van der Waals surface area contributed by atoms with Crippen LogP contribution in [0.4, 0.5) is 0 Å². The van der Waals surface area contributed by atoms with Crippen molar-refractivity contribution in [3.63, 3.8) is 0 Å². The van der Waals surface area contributed by atoms with Gasteiger partial charge in [0.1, 0.15) is 0 Å². The van der Waals surface area contributed by atoms with Crippen molar-refractivity contribution in [2.75, 3.05) is 13.3 Å². The van der Waals surface area contributed by atoms with Gasteiger partial charge in [-0.1, -0.05) is 0 Å². The van der Waals surface area contributed by atoms with E-state index in [1.165, 1.54) is 0 Å². The van der Waals surface area contributed by atoms with Crippen LogP contribution in [0.15, 0.2) is 0 Å². The van der Waals surface area contributed by atoms with E-state index in [1.54, 1.807) is 0 Å². The molecule has 2 unspecified atom stereocenters. The Morgan fingerprint density at radius 2 is 2.38 bits per heavy atom. The van der Waals surface area contributed by atoms with Crippen molar-refractivity contribution < 1.29 is 9.05 Å². The molecule has 0 N–H and O–H groups in total. The Bertz CT molecular complexity index is 68.8. The molecule has 0 aliphatic carbocycles. The maximum atomic E-state index is 5.33. The molecule has 0 aromatic carbocycles. The molecule has 0 aromatic heterocycles. The third-order valence-electron chi connectivity index (χ3n) is 1.13. The summed E-state index contributed by atoms with van der Waals surface area (Å²) in [5, 5.41) is 0. The monoisotopic (exact) mass is 134 g/mol. The zero-order valence-corrected chi connectivity index (χ0v) is 6.15. The Hall–Kier alpha value is 0.350. The molecule has 8 heavy (non-hydrogen) atoms. The molecule has 0 saturated carbocycles. The summed E-state index contributed by atoms with van der Waals surface area (Å²) < 4.78 is 10.5. The molecule has 2 atom stereocenters.